The van der Waals surface area contributed by atoms with Gasteiger partial charge in [-0.05, 0) is 59.7 Å². The van der Waals surface area contributed by atoms with Gasteiger partial charge in [0.25, 0.3) is 0 Å². The Bertz CT molecular complexity index is 872. The maximum Gasteiger partial charge on any atom is 0.224 e. The summed E-state index contributed by atoms with van der Waals surface area (Å²) in [5.41, 5.74) is 4.65. The van der Waals surface area contributed by atoms with E-state index in [9.17, 15) is 4.79 Å². The van der Waals surface area contributed by atoms with Gasteiger partial charge in [0.05, 0.1) is 6.04 Å². The Morgan fingerprint density at radius 3 is 2.74 bits per heavy atom. The molecule has 3 nitrogen and oxygen atoms in total. The summed E-state index contributed by atoms with van der Waals surface area (Å²) in [5.74, 6) is 1.33. The summed E-state index contributed by atoms with van der Waals surface area (Å²) in [6.07, 6.45) is 6.24. The number of allylic oxidation sites excluding steroid dienone is 2. The number of hydrogen-bond donors (Lipinski definition) is 2. The second-order valence-electron chi connectivity index (χ2n) is 7.98. The minimum Gasteiger partial charge on any atom is -0.378 e. The molecule has 0 aromatic heterocycles. The van der Waals surface area contributed by atoms with Gasteiger partial charge < -0.3 is 10.6 Å². The molecule has 140 valence electrons. The molecule has 0 saturated heterocycles. The summed E-state index contributed by atoms with van der Waals surface area (Å²) in [5, 5.41) is 6.81. The first-order valence-electron chi connectivity index (χ1n) is 9.63. The Labute approximate surface area is 169 Å². The third-order valence-corrected chi connectivity index (χ3v) is 6.00. The molecule has 3 atom stereocenters. The lowest BCUT2D eigenvalue weighted by molar-refractivity contribution is -0.116. The minimum absolute atomic E-state index is 0.0833. The van der Waals surface area contributed by atoms with E-state index in [4.69, 9.17) is 0 Å². The third-order valence-electron chi connectivity index (χ3n) is 5.47. The van der Waals surface area contributed by atoms with Crippen molar-refractivity contribution in [3.63, 3.8) is 0 Å². The number of amides is 1. The van der Waals surface area contributed by atoms with Crippen LogP contribution in [-0.4, -0.2) is 5.91 Å². The number of benzene rings is 2. The van der Waals surface area contributed by atoms with Gasteiger partial charge in [0, 0.05) is 28.2 Å². The molecule has 1 heterocycles. The maximum atomic E-state index is 12.1. The van der Waals surface area contributed by atoms with Crippen molar-refractivity contribution in [2.24, 2.45) is 11.8 Å². The Kier molecular flexibility index (Phi) is 5.09. The fraction of sp³-hybridized carbons (Fsp3) is 0.348. The number of halogens is 1. The smallest absolute Gasteiger partial charge is 0.224 e. The molecular formula is C23H25BrN2O. The summed E-state index contributed by atoms with van der Waals surface area (Å²) in [7, 11) is 0. The van der Waals surface area contributed by atoms with Crippen LogP contribution in [0.15, 0.2) is 59.1 Å². The SMILES string of the molecule is CC(C)CC(=O)Nc1ccc2c(c1)C1C=CCC1C(c1ccc(Br)cc1)N2. The molecule has 3 unspecified atom stereocenters. The topological polar surface area (TPSA) is 41.1 Å². The van der Waals surface area contributed by atoms with Gasteiger partial charge in [-0.15, -0.1) is 0 Å². The summed E-state index contributed by atoms with van der Waals surface area (Å²) in [4.78, 5) is 12.1. The van der Waals surface area contributed by atoms with E-state index >= 15 is 0 Å². The summed E-state index contributed by atoms with van der Waals surface area (Å²) in [6.45, 7) is 4.12. The zero-order chi connectivity index (χ0) is 19.0. The van der Waals surface area contributed by atoms with Crippen LogP contribution in [0, 0.1) is 11.8 Å². The molecule has 2 aromatic carbocycles. The normalized spacial score (nSPS) is 22.9. The highest BCUT2D eigenvalue weighted by Gasteiger charge is 2.37. The van der Waals surface area contributed by atoms with Gasteiger partial charge in [-0.2, -0.15) is 0 Å². The molecule has 27 heavy (non-hydrogen) atoms. The van der Waals surface area contributed by atoms with Crippen LogP contribution in [0.5, 0.6) is 0 Å². The van der Waals surface area contributed by atoms with Crippen LogP contribution in [0.2, 0.25) is 0 Å². The van der Waals surface area contributed by atoms with Crippen LogP contribution in [0.4, 0.5) is 11.4 Å². The Balaban J connectivity index is 1.61. The number of fused-ring (bicyclic) bond motifs is 3. The fourth-order valence-corrected chi connectivity index (χ4v) is 4.52. The molecule has 0 saturated carbocycles. The van der Waals surface area contributed by atoms with E-state index in [-0.39, 0.29) is 5.91 Å². The molecule has 1 amide bonds. The predicted molar refractivity (Wildman–Crippen MR) is 115 cm³/mol. The predicted octanol–water partition coefficient (Wildman–Crippen LogP) is 6.26. The zero-order valence-corrected chi connectivity index (χ0v) is 17.3. The third kappa shape index (κ3) is 3.81. The molecule has 0 bridgehead atoms. The summed E-state index contributed by atoms with van der Waals surface area (Å²) in [6, 6.07) is 15.2. The highest BCUT2D eigenvalue weighted by Crippen LogP contribution is 2.50. The number of carbonyl (C=O) groups is 1. The van der Waals surface area contributed by atoms with E-state index in [0.29, 0.717) is 30.2 Å². The van der Waals surface area contributed by atoms with Crippen LogP contribution in [-0.2, 0) is 4.79 Å². The van der Waals surface area contributed by atoms with Crippen LogP contribution < -0.4 is 10.6 Å². The Morgan fingerprint density at radius 2 is 2.00 bits per heavy atom. The van der Waals surface area contributed by atoms with Gasteiger partial charge in [-0.3, -0.25) is 4.79 Å². The fourth-order valence-electron chi connectivity index (χ4n) is 4.26. The highest BCUT2D eigenvalue weighted by molar-refractivity contribution is 9.10. The van der Waals surface area contributed by atoms with Crippen LogP contribution in [0.1, 0.15) is 49.8 Å². The van der Waals surface area contributed by atoms with Gasteiger partial charge >= 0.3 is 0 Å². The highest BCUT2D eigenvalue weighted by atomic mass is 79.9. The van der Waals surface area contributed by atoms with E-state index < -0.39 is 0 Å². The van der Waals surface area contributed by atoms with Crippen LogP contribution in [0.3, 0.4) is 0 Å². The van der Waals surface area contributed by atoms with E-state index in [2.05, 4.69) is 89.0 Å². The van der Waals surface area contributed by atoms with E-state index in [1.54, 1.807) is 0 Å². The number of nitrogens with one attached hydrogen (secondary N) is 2. The summed E-state index contributed by atoms with van der Waals surface area (Å²) < 4.78 is 1.10. The standard InChI is InChI=1S/C23H25BrN2O/c1-14(2)12-22(27)25-17-10-11-21-20(13-17)18-4-3-5-19(18)23(26-21)15-6-8-16(24)9-7-15/h3-4,6-11,13-14,18-19,23,26H,5,12H2,1-2H3,(H,25,27). The quantitative estimate of drug-likeness (QED) is 0.568. The van der Waals surface area contributed by atoms with Gasteiger partial charge in [0.15, 0.2) is 0 Å². The van der Waals surface area contributed by atoms with E-state index in [0.717, 1.165) is 22.3 Å². The average molecular weight is 425 g/mol. The second-order valence-corrected chi connectivity index (χ2v) is 8.89. The van der Waals surface area contributed by atoms with Gasteiger partial charge in [-0.1, -0.05) is 54.1 Å². The van der Waals surface area contributed by atoms with Crippen molar-refractivity contribution in [1.29, 1.82) is 0 Å². The van der Waals surface area contributed by atoms with Gasteiger partial charge in [0.2, 0.25) is 5.91 Å². The zero-order valence-electron chi connectivity index (χ0n) is 15.7. The number of anilines is 2. The van der Waals surface area contributed by atoms with Crippen molar-refractivity contribution in [3.05, 3.63) is 70.2 Å². The molecule has 1 aliphatic carbocycles. The molecule has 0 radical (unpaired) electrons. The van der Waals surface area contributed by atoms with Crippen LogP contribution in [0.25, 0.3) is 0 Å². The summed E-state index contributed by atoms with van der Waals surface area (Å²) >= 11 is 3.53. The van der Waals surface area contributed by atoms with Crippen molar-refractivity contribution in [3.8, 4) is 0 Å². The monoisotopic (exact) mass is 424 g/mol. The number of rotatable bonds is 4. The maximum absolute atomic E-state index is 12.1. The van der Waals surface area contributed by atoms with Gasteiger partial charge in [-0.25, -0.2) is 0 Å². The van der Waals surface area contributed by atoms with E-state index in [1.807, 2.05) is 6.07 Å². The molecule has 0 fully saturated rings. The molecule has 2 aliphatic rings. The molecule has 4 rings (SSSR count). The number of hydrogen-bond acceptors (Lipinski definition) is 2. The number of carbonyl (C=O) groups excluding carboxylic acids is 1. The van der Waals surface area contributed by atoms with Crippen molar-refractivity contribution in [2.45, 2.75) is 38.6 Å². The molecule has 1 aliphatic heterocycles. The molecule has 0 spiro atoms. The molecule has 2 aromatic rings. The van der Waals surface area contributed by atoms with Crippen molar-refractivity contribution < 1.29 is 4.79 Å². The minimum atomic E-state index is 0.0833. The van der Waals surface area contributed by atoms with E-state index in [1.165, 1.54) is 11.1 Å². The molecule has 4 heteroatoms. The first-order valence-corrected chi connectivity index (χ1v) is 10.4. The Morgan fingerprint density at radius 1 is 1.22 bits per heavy atom. The lowest BCUT2D eigenvalue weighted by Gasteiger charge is -2.37. The Hall–Kier alpha value is -2.07. The molecular weight excluding hydrogens is 400 g/mol. The largest absolute Gasteiger partial charge is 0.378 e. The van der Waals surface area contributed by atoms with Crippen LogP contribution >= 0.6 is 15.9 Å². The average Bonchev–Trinajstić information content (AvgIpc) is 3.11. The second kappa shape index (κ2) is 7.51. The lowest BCUT2D eigenvalue weighted by atomic mass is 9.77. The first kappa shape index (κ1) is 18.3. The first-order chi connectivity index (χ1) is 13.0. The van der Waals surface area contributed by atoms with Crippen molar-refractivity contribution in [1.82, 2.24) is 0 Å². The van der Waals surface area contributed by atoms with Crippen molar-refractivity contribution in [2.75, 3.05) is 10.6 Å². The lowest BCUT2D eigenvalue weighted by Crippen LogP contribution is -2.29. The van der Waals surface area contributed by atoms with Gasteiger partial charge in [0.1, 0.15) is 0 Å². The molecule has 2 N–H and O–H groups in total. The van der Waals surface area contributed by atoms with Crippen molar-refractivity contribution >= 4 is 33.2 Å².